The standard InChI is InChI=1S/C26H40N2O10/c1-16(29)34-21-22(35-17(2)30)24(36-18(3)31)26(37-19(4)32)38-23(21)25(33)28-14-12-27(13-15-28)11-10-20-8-6-5-7-9-20/h20-24,26H,5-15H2,1-4H3/t21-,22?,23?,24+,26?/m0/s1. The first-order valence-electron chi connectivity index (χ1n) is 13.4. The third-order valence-electron chi connectivity index (χ3n) is 7.19. The zero-order valence-electron chi connectivity index (χ0n) is 22.7. The van der Waals surface area contributed by atoms with Crippen molar-refractivity contribution < 1.29 is 47.7 Å². The largest absolute Gasteiger partial charge is 0.455 e. The molecule has 38 heavy (non-hydrogen) atoms. The predicted octanol–water partition coefficient (Wildman–Crippen LogP) is 1.18. The number of carbonyl (C=O) groups is 5. The highest BCUT2D eigenvalue weighted by molar-refractivity contribution is 5.83. The lowest BCUT2D eigenvalue weighted by atomic mass is 9.87. The van der Waals surface area contributed by atoms with Gasteiger partial charge in [0, 0.05) is 53.9 Å². The summed E-state index contributed by atoms with van der Waals surface area (Å²) in [6, 6.07) is 0. The molecule has 0 aromatic carbocycles. The molecule has 0 spiro atoms. The van der Waals surface area contributed by atoms with Crippen LogP contribution in [0.15, 0.2) is 0 Å². The molecule has 5 atom stereocenters. The van der Waals surface area contributed by atoms with Gasteiger partial charge in [0.05, 0.1) is 0 Å². The van der Waals surface area contributed by atoms with Crippen LogP contribution in [0.3, 0.4) is 0 Å². The van der Waals surface area contributed by atoms with Gasteiger partial charge in [-0.1, -0.05) is 32.1 Å². The summed E-state index contributed by atoms with van der Waals surface area (Å²) in [4.78, 5) is 65.1. The SMILES string of the molecule is CC(=O)OC1OC(C(=O)N2CCN(CCC3CCCCC3)CC2)[C@@H](OC(C)=O)C(OC(C)=O)[C@H]1OC(C)=O. The van der Waals surface area contributed by atoms with Crippen molar-refractivity contribution in [3.63, 3.8) is 0 Å². The molecule has 0 radical (unpaired) electrons. The summed E-state index contributed by atoms with van der Waals surface area (Å²) in [5, 5.41) is 0. The van der Waals surface area contributed by atoms with E-state index in [-0.39, 0.29) is 0 Å². The van der Waals surface area contributed by atoms with Gasteiger partial charge in [-0.15, -0.1) is 0 Å². The van der Waals surface area contributed by atoms with Crippen molar-refractivity contribution in [3.05, 3.63) is 0 Å². The van der Waals surface area contributed by atoms with Crippen LogP contribution in [0.2, 0.25) is 0 Å². The van der Waals surface area contributed by atoms with Gasteiger partial charge in [-0.3, -0.25) is 28.9 Å². The van der Waals surface area contributed by atoms with Gasteiger partial charge in [0.25, 0.3) is 5.91 Å². The number of ether oxygens (including phenoxy) is 5. The van der Waals surface area contributed by atoms with Crippen molar-refractivity contribution in [3.8, 4) is 0 Å². The minimum atomic E-state index is -1.56. The van der Waals surface area contributed by atoms with Gasteiger partial charge in [0.1, 0.15) is 0 Å². The molecule has 1 saturated carbocycles. The highest BCUT2D eigenvalue weighted by atomic mass is 16.7. The van der Waals surface area contributed by atoms with Gasteiger partial charge >= 0.3 is 23.9 Å². The Balaban J connectivity index is 1.74. The van der Waals surface area contributed by atoms with Crippen molar-refractivity contribution in [2.24, 2.45) is 5.92 Å². The van der Waals surface area contributed by atoms with E-state index in [1.165, 1.54) is 32.1 Å². The second kappa shape index (κ2) is 13.9. The molecule has 0 N–H and O–H groups in total. The normalized spacial score (nSPS) is 28.7. The Morgan fingerprint density at radius 3 is 1.76 bits per heavy atom. The number of hydrogen-bond donors (Lipinski definition) is 0. The van der Waals surface area contributed by atoms with Crippen LogP contribution >= 0.6 is 0 Å². The van der Waals surface area contributed by atoms with Gasteiger partial charge in [0.2, 0.25) is 12.4 Å². The van der Waals surface area contributed by atoms with Crippen molar-refractivity contribution in [1.82, 2.24) is 9.80 Å². The molecule has 1 aliphatic carbocycles. The van der Waals surface area contributed by atoms with E-state index in [9.17, 15) is 24.0 Å². The van der Waals surface area contributed by atoms with Gasteiger partial charge in [0.15, 0.2) is 18.3 Å². The molecule has 1 amide bonds. The summed E-state index contributed by atoms with van der Waals surface area (Å²) in [5.74, 6) is -2.80. The van der Waals surface area contributed by atoms with E-state index in [0.717, 1.165) is 46.6 Å². The molecule has 214 valence electrons. The highest BCUT2D eigenvalue weighted by Gasteiger charge is 2.56. The number of hydrogen-bond acceptors (Lipinski definition) is 11. The number of amides is 1. The smallest absolute Gasteiger partial charge is 0.305 e. The van der Waals surface area contributed by atoms with Crippen LogP contribution in [0.4, 0.5) is 0 Å². The summed E-state index contributed by atoms with van der Waals surface area (Å²) < 4.78 is 27.0. The van der Waals surface area contributed by atoms with Crippen LogP contribution in [0.25, 0.3) is 0 Å². The lowest BCUT2D eigenvalue weighted by molar-refractivity contribution is -0.292. The Kier molecular flexibility index (Phi) is 10.9. The highest BCUT2D eigenvalue weighted by Crippen LogP contribution is 2.31. The fraction of sp³-hybridized carbons (Fsp3) is 0.808. The molecule has 12 nitrogen and oxygen atoms in total. The van der Waals surface area contributed by atoms with E-state index < -0.39 is 60.5 Å². The number of nitrogens with zero attached hydrogens (tertiary/aromatic N) is 2. The maximum atomic E-state index is 13.7. The molecule has 0 aromatic heterocycles. The number of esters is 4. The van der Waals surface area contributed by atoms with Crippen molar-refractivity contribution in [1.29, 1.82) is 0 Å². The van der Waals surface area contributed by atoms with Gasteiger partial charge in [-0.25, -0.2) is 0 Å². The van der Waals surface area contributed by atoms with Crippen LogP contribution in [0.1, 0.15) is 66.2 Å². The molecule has 3 unspecified atom stereocenters. The summed E-state index contributed by atoms with van der Waals surface area (Å²) in [6.45, 7) is 7.69. The summed E-state index contributed by atoms with van der Waals surface area (Å²) in [5.41, 5.74) is 0. The van der Waals surface area contributed by atoms with Crippen molar-refractivity contribution in [2.75, 3.05) is 32.7 Å². The van der Waals surface area contributed by atoms with Crippen LogP contribution in [-0.4, -0.2) is 103 Å². The molecule has 2 saturated heterocycles. The Labute approximate surface area is 223 Å². The maximum absolute atomic E-state index is 13.7. The second-order valence-corrected chi connectivity index (χ2v) is 10.2. The van der Waals surface area contributed by atoms with Crippen LogP contribution in [0, 0.1) is 5.92 Å². The topological polar surface area (TPSA) is 138 Å². The molecule has 0 aromatic rings. The molecule has 3 rings (SSSR count). The first-order chi connectivity index (χ1) is 18.0. The zero-order chi connectivity index (χ0) is 27.8. The fourth-order valence-electron chi connectivity index (χ4n) is 5.44. The van der Waals surface area contributed by atoms with Crippen molar-refractivity contribution in [2.45, 2.75) is 96.9 Å². The van der Waals surface area contributed by atoms with E-state index in [1.807, 2.05) is 0 Å². The Morgan fingerprint density at radius 1 is 0.684 bits per heavy atom. The average molecular weight is 541 g/mol. The average Bonchev–Trinajstić information content (AvgIpc) is 2.85. The maximum Gasteiger partial charge on any atom is 0.305 e. The lowest BCUT2D eigenvalue weighted by Gasteiger charge is -2.45. The first kappa shape index (κ1) is 29.8. The fourth-order valence-corrected chi connectivity index (χ4v) is 5.44. The molecule has 3 fully saturated rings. The molecule has 2 aliphatic heterocycles. The third kappa shape index (κ3) is 8.39. The lowest BCUT2D eigenvalue weighted by Crippen LogP contribution is -2.66. The van der Waals surface area contributed by atoms with E-state index in [0.29, 0.717) is 26.2 Å². The quantitative estimate of drug-likeness (QED) is 0.324. The van der Waals surface area contributed by atoms with E-state index in [4.69, 9.17) is 23.7 Å². The van der Waals surface area contributed by atoms with E-state index in [2.05, 4.69) is 4.90 Å². The molecule has 2 heterocycles. The predicted molar refractivity (Wildman–Crippen MR) is 131 cm³/mol. The Hall–Kier alpha value is -2.73. The zero-order valence-corrected chi connectivity index (χ0v) is 22.7. The Morgan fingerprint density at radius 2 is 1.21 bits per heavy atom. The van der Waals surface area contributed by atoms with Crippen LogP contribution in [0.5, 0.6) is 0 Å². The Bertz CT molecular complexity index is 866. The summed E-state index contributed by atoms with van der Waals surface area (Å²) in [7, 11) is 0. The molecule has 3 aliphatic rings. The molecule has 12 heteroatoms. The summed E-state index contributed by atoms with van der Waals surface area (Å²) in [6.07, 6.45) is 0.336. The van der Waals surface area contributed by atoms with E-state index in [1.54, 1.807) is 4.90 Å². The molecule has 0 bridgehead atoms. The van der Waals surface area contributed by atoms with Gasteiger partial charge in [-0.05, 0) is 18.9 Å². The molecular formula is C26H40N2O10. The van der Waals surface area contributed by atoms with Gasteiger partial charge in [-0.2, -0.15) is 0 Å². The van der Waals surface area contributed by atoms with Gasteiger partial charge < -0.3 is 28.6 Å². The minimum absolute atomic E-state index is 0.431. The van der Waals surface area contributed by atoms with Crippen molar-refractivity contribution >= 4 is 29.8 Å². The third-order valence-corrected chi connectivity index (χ3v) is 7.19. The monoisotopic (exact) mass is 540 g/mol. The van der Waals surface area contributed by atoms with Crippen LogP contribution < -0.4 is 0 Å². The first-order valence-corrected chi connectivity index (χ1v) is 13.4. The van der Waals surface area contributed by atoms with E-state index >= 15 is 0 Å². The number of carbonyl (C=O) groups excluding carboxylic acids is 5. The minimum Gasteiger partial charge on any atom is -0.455 e. The van der Waals surface area contributed by atoms with Crippen LogP contribution in [-0.2, 0) is 47.7 Å². The number of piperazine rings is 1. The second-order valence-electron chi connectivity index (χ2n) is 10.2. The summed E-state index contributed by atoms with van der Waals surface area (Å²) >= 11 is 0. The number of rotatable bonds is 8. The molecular weight excluding hydrogens is 500 g/mol.